The zero-order chi connectivity index (χ0) is 13.9. The molecule has 4 rings (SSSR count). The molecule has 1 unspecified atom stereocenters. The van der Waals surface area contributed by atoms with E-state index in [-0.39, 0.29) is 0 Å². The molecule has 1 aromatic carbocycles. The highest BCUT2D eigenvalue weighted by atomic mass is 35.5. The Hall–Kier alpha value is -0.830. The van der Waals surface area contributed by atoms with Crippen molar-refractivity contribution in [1.29, 1.82) is 0 Å². The molecular formula is C17H23ClN2. The maximum absolute atomic E-state index is 6.01. The van der Waals surface area contributed by atoms with Gasteiger partial charge in [0.05, 0.1) is 0 Å². The predicted molar refractivity (Wildman–Crippen MR) is 84.9 cm³/mol. The van der Waals surface area contributed by atoms with Crippen LogP contribution < -0.4 is 5.32 Å². The Morgan fingerprint density at radius 2 is 2.35 bits per heavy atom. The molecule has 3 aliphatic heterocycles. The zero-order valence-corrected chi connectivity index (χ0v) is 12.6. The molecule has 0 radical (unpaired) electrons. The van der Waals surface area contributed by atoms with Crippen molar-refractivity contribution in [3.8, 4) is 0 Å². The van der Waals surface area contributed by atoms with Crippen LogP contribution in [0.15, 0.2) is 36.9 Å². The molecule has 0 aromatic heterocycles. The Bertz CT molecular complexity index is 474. The van der Waals surface area contributed by atoms with E-state index in [0.717, 1.165) is 24.0 Å². The number of halogens is 1. The summed E-state index contributed by atoms with van der Waals surface area (Å²) in [5.41, 5.74) is 1.26. The van der Waals surface area contributed by atoms with Crippen LogP contribution in [0.5, 0.6) is 0 Å². The maximum atomic E-state index is 6.01. The fourth-order valence-electron chi connectivity index (χ4n) is 3.69. The number of nitrogens with zero attached hydrogens (tertiary/aromatic N) is 1. The molecule has 1 N–H and O–H groups in total. The molecule has 2 bridgehead atoms. The fourth-order valence-corrected chi connectivity index (χ4v) is 3.90. The number of piperidine rings is 3. The molecular weight excluding hydrogens is 268 g/mol. The van der Waals surface area contributed by atoms with Crippen molar-refractivity contribution in [3.05, 3.63) is 47.5 Å². The number of rotatable bonds is 5. The second-order valence-electron chi connectivity index (χ2n) is 6.09. The average molecular weight is 291 g/mol. The Morgan fingerprint density at radius 1 is 1.45 bits per heavy atom. The van der Waals surface area contributed by atoms with Crippen LogP contribution in [0.2, 0.25) is 5.02 Å². The van der Waals surface area contributed by atoms with Gasteiger partial charge in [-0.1, -0.05) is 29.8 Å². The molecule has 3 saturated heterocycles. The SMILES string of the molecule is C=C[C@@H]1CN2CC[C@H]1C[C@@H]2CNCc1cccc(Cl)c1. The predicted octanol–water partition coefficient (Wildman–Crippen LogP) is 3.33. The Kier molecular flexibility index (Phi) is 4.45. The second kappa shape index (κ2) is 6.30. The molecule has 4 atom stereocenters. The smallest absolute Gasteiger partial charge is 0.0409 e. The van der Waals surface area contributed by atoms with Crippen LogP contribution >= 0.6 is 11.6 Å². The zero-order valence-electron chi connectivity index (χ0n) is 11.9. The van der Waals surface area contributed by atoms with Crippen molar-refractivity contribution < 1.29 is 0 Å². The average Bonchev–Trinajstić information content (AvgIpc) is 2.48. The van der Waals surface area contributed by atoms with Gasteiger partial charge in [0.25, 0.3) is 0 Å². The summed E-state index contributed by atoms with van der Waals surface area (Å²) in [4.78, 5) is 2.64. The van der Waals surface area contributed by atoms with E-state index in [2.05, 4.69) is 28.9 Å². The highest BCUT2D eigenvalue weighted by molar-refractivity contribution is 6.30. The number of hydrogen-bond donors (Lipinski definition) is 1. The van der Waals surface area contributed by atoms with E-state index >= 15 is 0 Å². The van der Waals surface area contributed by atoms with Crippen LogP contribution in [-0.4, -0.2) is 30.6 Å². The first-order chi connectivity index (χ1) is 9.76. The number of nitrogens with one attached hydrogen (secondary N) is 1. The summed E-state index contributed by atoms with van der Waals surface area (Å²) >= 11 is 6.01. The molecule has 3 aliphatic rings. The molecule has 0 saturated carbocycles. The summed E-state index contributed by atoms with van der Waals surface area (Å²) in [6.45, 7) is 8.43. The van der Waals surface area contributed by atoms with Crippen molar-refractivity contribution in [2.45, 2.75) is 25.4 Å². The second-order valence-corrected chi connectivity index (χ2v) is 6.53. The normalized spacial score (nSPS) is 32.2. The van der Waals surface area contributed by atoms with Gasteiger partial charge < -0.3 is 5.32 Å². The van der Waals surface area contributed by atoms with Gasteiger partial charge in [-0.3, -0.25) is 4.90 Å². The minimum atomic E-state index is 0.698. The molecule has 0 amide bonds. The van der Waals surface area contributed by atoms with Crippen LogP contribution in [0.4, 0.5) is 0 Å². The lowest BCUT2D eigenvalue weighted by Crippen LogP contribution is -2.55. The summed E-state index contributed by atoms with van der Waals surface area (Å²) in [5.74, 6) is 1.57. The molecule has 1 aromatic rings. The van der Waals surface area contributed by atoms with Crippen molar-refractivity contribution in [2.75, 3.05) is 19.6 Å². The third-order valence-corrected chi connectivity index (χ3v) is 5.07. The standard InChI is InChI=1S/C17H23ClN2/c1-2-14-12-20-7-6-15(14)9-17(20)11-19-10-13-4-3-5-16(18)8-13/h2-5,8,14-15,17,19H,1,6-7,9-12H2/t14-,15+,17-/m1/s1. The lowest BCUT2D eigenvalue weighted by atomic mass is 9.75. The topological polar surface area (TPSA) is 15.3 Å². The quantitative estimate of drug-likeness (QED) is 0.837. The number of fused-ring (bicyclic) bond motifs is 3. The summed E-state index contributed by atoms with van der Waals surface area (Å²) in [7, 11) is 0. The summed E-state index contributed by atoms with van der Waals surface area (Å²) in [6.07, 6.45) is 4.83. The highest BCUT2D eigenvalue weighted by Crippen LogP contribution is 2.36. The number of benzene rings is 1. The molecule has 2 nitrogen and oxygen atoms in total. The maximum Gasteiger partial charge on any atom is 0.0409 e. The van der Waals surface area contributed by atoms with Gasteiger partial charge in [0.2, 0.25) is 0 Å². The van der Waals surface area contributed by atoms with Gasteiger partial charge in [-0.25, -0.2) is 0 Å². The Morgan fingerprint density at radius 3 is 3.05 bits per heavy atom. The highest BCUT2D eigenvalue weighted by Gasteiger charge is 2.38. The van der Waals surface area contributed by atoms with E-state index in [4.69, 9.17) is 11.6 Å². The van der Waals surface area contributed by atoms with E-state index in [1.165, 1.54) is 31.5 Å². The van der Waals surface area contributed by atoms with Gasteiger partial charge in [0.1, 0.15) is 0 Å². The molecule has 3 heterocycles. The molecule has 3 heteroatoms. The van der Waals surface area contributed by atoms with Crippen molar-refractivity contribution in [3.63, 3.8) is 0 Å². The van der Waals surface area contributed by atoms with Crippen molar-refractivity contribution >= 4 is 11.6 Å². The Labute approximate surface area is 126 Å². The van der Waals surface area contributed by atoms with E-state index in [9.17, 15) is 0 Å². The van der Waals surface area contributed by atoms with Crippen LogP contribution in [0.25, 0.3) is 0 Å². The van der Waals surface area contributed by atoms with Crippen LogP contribution in [0.3, 0.4) is 0 Å². The van der Waals surface area contributed by atoms with Gasteiger partial charge in [0, 0.05) is 30.7 Å². The fraction of sp³-hybridized carbons (Fsp3) is 0.529. The van der Waals surface area contributed by atoms with Crippen LogP contribution in [0, 0.1) is 11.8 Å². The molecule has 0 spiro atoms. The number of hydrogen-bond acceptors (Lipinski definition) is 2. The summed E-state index contributed by atoms with van der Waals surface area (Å²) in [6, 6.07) is 8.80. The molecule has 3 fully saturated rings. The van der Waals surface area contributed by atoms with Crippen molar-refractivity contribution in [1.82, 2.24) is 10.2 Å². The first kappa shape index (κ1) is 14.1. The van der Waals surface area contributed by atoms with Gasteiger partial charge in [-0.05, 0) is 48.9 Å². The van der Waals surface area contributed by atoms with Gasteiger partial charge in [0.15, 0.2) is 0 Å². The summed E-state index contributed by atoms with van der Waals surface area (Å²) in [5, 5.41) is 4.41. The summed E-state index contributed by atoms with van der Waals surface area (Å²) < 4.78 is 0. The van der Waals surface area contributed by atoms with Crippen molar-refractivity contribution in [2.24, 2.45) is 11.8 Å². The van der Waals surface area contributed by atoms with Crippen LogP contribution in [0.1, 0.15) is 18.4 Å². The third kappa shape index (κ3) is 3.08. The first-order valence-electron chi connectivity index (χ1n) is 7.58. The minimum absolute atomic E-state index is 0.698. The molecule has 20 heavy (non-hydrogen) atoms. The Balaban J connectivity index is 1.49. The minimum Gasteiger partial charge on any atom is -0.311 e. The third-order valence-electron chi connectivity index (χ3n) is 4.83. The lowest BCUT2D eigenvalue weighted by molar-refractivity contribution is 0.0195. The van der Waals surface area contributed by atoms with Gasteiger partial charge >= 0.3 is 0 Å². The van der Waals surface area contributed by atoms with Gasteiger partial charge in [-0.2, -0.15) is 0 Å². The van der Waals surface area contributed by atoms with E-state index in [1.807, 2.05) is 18.2 Å². The monoisotopic (exact) mass is 290 g/mol. The van der Waals surface area contributed by atoms with Gasteiger partial charge in [-0.15, -0.1) is 6.58 Å². The van der Waals surface area contributed by atoms with E-state index in [0.29, 0.717) is 12.0 Å². The lowest BCUT2D eigenvalue weighted by Gasteiger charge is -2.49. The van der Waals surface area contributed by atoms with E-state index in [1.54, 1.807) is 0 Å². The molecule has 0 aliphatic carbocycles. The van der Waals surface area contributed by atoms with E-state index < -0.39 is 0 Å². The first-order valence-corrected chi connectivity index (χ1v) is 7.96. The van der Waals surface area contributed by atoms with Crippen LogP contribution in [-0.2, 0) is 6.54 Å². The largest absolute Gasteiger partial charge is 0.311 e. The molecule has 108 valence electrons.